The molecule has 6 nitrogen and oxygen atoms in total. The molecule has 20 heavy (non-hydrogen) atoms. The smallest absolute Gasteiger partial charge is 0.201 e. The Morgan fingerprint density at radius 3 is 2.65 bits per heavy atom. The largest absolute Gasteiger partial charge is 0.493 e. The van der Waals surface area contributed by atoms with Crippen LogP contribution in [-0.2, 0) is 4.79 Å². The van der Waals surface area contributed by atoms with Crippen molar-refractivity contribution < 1.29 is 29.3 Å². The zero-order chi connectivity index (χ0) is 15.0. The van der Waals surface area contributed by atoms with Crippen LogP contribution in [0.25, 0.3) is 0 Å². The third kappa shape index (κ3) is 4.64. The summed E-state index contributed by atoms with van der Waals surface area (Å²) >= 11 is 0. The molecule has 1 radical (unpaired) electrons. The zero-order valence-corrected chi connectivity index (χ0v) is 11.1. The van der Waals surface area contributed by atoms with Gasteiger partial charge < -0.3 is 19.7 Å². The standard InChI is InChI=1S/C14H17O6/c1-19-14-8-10(9-16)2-3-13(14)20-7-5-12(18)11(17)4-6-15/h2-3,8-9,11-12,17-18H,4-5,7H2,1H3. The molecule has 0 spiro atoms. The highest BCUT2D eigenvalue weighted by Crippen LogP contribution is 2.27. The Hall–Kier alpha value is -1.92. The highest BCUT2D eigenvalue weighted by atomic mass is 16.5. The van der Waals surface area contributed by atoms with Crippen molar-refractivity contribution in [2.45, 2.75) is 25.0 Å². The molecule has 0 aliphatic rings. The summed E-state index contributed by atoms with van der Waals surface area (Å²) in [6.45, 7) is 0.133. The van der Waals surface area contributed by atoms with Crippen molar-refractivity contribution in [1.82, 2.24) is 0 Å². The zero-order valence-electron chi connectivity index (χ0n) is 11.1. The van der Waals surface area contributed by atoms with Gasteiger partial charge in [-0.1, -0.05) is 0 Å². The number of aliphatic hydroxyl groups excluding tert-OH is 2. The van der Waals surface area contributed by atoms with Crippen LogP contribution in [0.2, 0.25) is 0 Å². The molecular formula is C14H17O6. The monoisotopic (exact) mass is 281 g/mol. The fourth-order valence-corrected chi connectivity index (χ4v) is 1.58. The summed E-state index contributed by atoms with van der Waals surface area (Å²) in [6, 6.07) is 4.71. The van der Waals surface area contributed by atoms with Crippen LogP contribution in [0.5, 0.6) is 11.5 Å². The third-order valence-electron chi connectivity index (χ3n) is 2.73. The Morgan fingerprint density at radius 2 is 2.05 bits per heavy atom. The van der Waals surface area contributed by atoms with E-state index in [2.05, 4.69) is 0 Å². The summed E-state index contributed by atoms with van der Waals surface area (Å²) in [5, 5.41) is 18.9. The van der Waals surface area contributed by atoms with E-state index in [1.165, 1.54) is 19.5 Å². The lowest BCUT2D eigenvalue weighted by Crippen LogP contribution is -2.28. The van der Waals surface area contributed by atoms with Crippen LogP contribution in [-0.4, -0.2) is 48.7 Å². The number of carbonyl (C=O) groups excluding carboxylic acids is 2. The molecule has 0 aliphatic heterocycles. The van der Waals surface area contributed by atoms with Gasteiger partial charge in [0.1, 0.15) is 6.29 Å². The van der Waals surface area contributed by atoms with E-state index in [0.717, 1.165) is 0 Å². The van der Waals surface area contributed by atoms with Gasteiger partial charge in [0.25, 0.3) is 0 Å². The summed E-state index contributed by atoms with van der Waals surface area (Å²) in [4.78, 5) is 20.7. The molecule has 0 fully saturated rings. The fourth-order valence-electron chi connectivity index (χ4n) is 1.58. The molecule has 109 valence electrons. The van der Waals surface area contributed by atoms with E-state index in [-0.39, 0.29) is 19.4 Å². The highest BCUT2D eigenvalue weighted by molar-refractivity contribution is 5.76. The number of aliphatic hydroxyl groups is 2. The van der Waals surface area contributed by atoms with Gasteiger partial charge in [-0.15, -0.1) is 0 Å². The number of hydrogen-bond acceptors (Lipinski definition) is 6. The summed E-state index contributed by atoms with van der Waals surface area (Å²) in [7, 11) is 1.45. The first-order valence-electron chi connectivity index (χ1n) is 6.09. The maximum absolute atomic E-state index is 10.6. The molecular weight excluding hydrogens is 264 g/mol. The van der Waals surface area contributed by atoms with Crippen LogP contribution < -0.4 is 9.47 Å². The lowest BCUT2D eigenvalue weighted by atomic mass is 10.1. The van der Waals surface area contributed by atoms with Crippen molar-refractivity contribution in [2.24, 2.45) is 0 Å². The van der Waals surface area contributed by atoms with Crippen LogP contribution in [0.4, 0.5) is 0 Å². The normalized spacial score (nSPS) is 13.3. The number of rotatable bonds is 9. The lowest BCUT2D eigenvalue weighted by molar-refractivity contribution is 0.0113. The quantitative estimate of drug-likeness (QED) is 0.640. The second-order valence-corrected chi connectivity index (χ2v) is 4.15. The van der Waals surface area contributed by atoms with Crippen molar-refractivity contribution in [2.75, 3.05) is 13.7 Å². The molecule has 2 unspecified atom stereocenters. The second-order valence-electron chi connectivity index (χ2n) is 4.15. The summed E-state index contributed by atoms with van der Waals surface area (Å²) in [5.41, 5.74) is 0.464. The first-order valence-corrected chi connectivity index (χ1v) is 6.09. The van der Waals surface area contributed by atoms with E-state index in [1.807, 2.05) is 0 Å². The van der Waals surface area contributed by atoms with Crippen molar-refractivity contribution in [1.29, 1.82) is 0 Å². The van der Waals surface area contributed by atoms with Gasteiger partial charge in [0.15, 0.2) is 11.5 Å². The average molecular weight is 281 g/mol. The van der Waals surface area contributed by atoms with Gasteiger partial charge >= 0.3 is 0 Å². The fraction of sp³-hybridized carbons (Fsp3) is 0.429. The SMILES string of the molecule is COc1cc(C=O)ccc1OCCC(O)C(O)C[C]=O. The minimum absolute atomic E-state index is 0.133. The molecule has 1 rings (SSSR count). The van der Waals surface area contributed by atoms with Gasteiger partial charge in [0.2, 0.25) is 6.29 Å². The Balaban J connectivity index is 2.53. The van der Waals surface area contributed by atoms with E-state index >= 15 is 0 Å². The van der Waals surface area contributed by atoms with E-state index in [4.69, 9.17) is 9.47 Å². The van der Waals surface area contributed by atoms with Crippen LogP contribution in [0.1, 0.15) is 23.2 Å². The van der Waals surface area contributed by atoms with Crippen LogP contribution in [0.3, 0.4) is 0 Å². The number of benzene rings is 1. The molecule has 0 amide bonds. The minimum atomic E-state index is -1.14. The van der Waals surface area contributed by atoms with Crippen molar-refractivity contribution in [3.8, 4) is 11.5 Å². The molecule has 0 aliphatic carbocycles. The van der Waals surface area contributed by atoms with E-state index in [1.54, 1.807) is 12.1 Å². The molecule has 0 bridgehead atoms. The maximum Gasteiger partial charge on any atom is 0.201 e. The van der Waals surface area contributed by atoms with Crippen LogP contribution >= 0.6 is 0 Å². The molecule has 1 aromatic carbocycles. The van der Waals surface area contributed by atoms with Crippen molar-refractivity contribution in [3.05, 3.63) is 23.8 Å². The van der Waals surface area contributed by atoms with E-state index in [0.29, 0.717) is 23.3 Å². The molecule has 1 aromatic rings. The number of ether oxygens (including phenoxy) is 2. The molecule has 0 saturated carbocycles. The summed E-state index contributed by atoms with van der Waals surface area (Å²) < 4.78 is 10.5. The van der Waals surface area contributed by atoms with Crippen LogP contribution in [0.15, 0.2) is 18.2 Å². The number of carbonyl (C=O) groups is 1. The Labute approximate surface area is 116 Å². The molecule has 0 heterocycles. The van der Waals surface area contributed by atoms with Crippen LogP contribution in [0, 0.1) is 0 Å². The Morgan fingerprint density at radius 1 is 1.30 bits per heavy atom. The topological polar surface area (TPSA) is 93.1 Å². The predicted molar refractivity (Wildman–Crippen MR) is 70.8 cm³/mol. The second kappa shape index (κ2) is 8.29. The molecule has 2 atom stereocenters. The number of methoxy groups -OCH3 is 1. The highest BCUT2D eigenvalue weighted by Gasteiger charge is 2.16. The molecule has 0 saturated heterocycles. The summed E-state index contributed by atoms with van der Waals surface area (Å²) in [6.07, 6.45) is -0.0548. The molecule has 0 aromatic heterocycles. The number of aldehydes is 1. The summed E-state index contributed by atoms with van der Waals surface area (Å²) in [5.74, 6) is 0.840. The Kier molecular flexibility index (Phi) is 6.69. The average Bonchev–Trinajstić information content (AvgIpc) is 2.47. The minimum Gasteiger partial charge on any atom is -0.493 e. The lowest BCUT2D eigenvalue weighted by Gasteiger charge is -2.16. The number of hydrogen-bond donors (Lipinski definition) is 2. The molecule has 6 heteroatoms. The first kappa shape index (κ1) is 16.1. The van der Waals surface area contributed by atoms with Crippen molar-refractivity contribution >= 4 is 12.6 Å². The van der Waals surface area contributed by atoms with E-state index < -0.39 is 12.2 Å². The maximum atomic E-state index is 10.6. The predicted octanol–water partition coefficient (Wildman–Crippen LogP) is 0.498. The van der Waals surface area contributed by atoms with Gasteiger partial charge in [0, 0.05) is 18.4 Å². The third-order valence-corrected chi connectivity index (χ3v) is 2.73. The van der Waals surface area contributed by atoms with Crippen molar-refractivity contribution in [3.63, 3.8) is 0 Å². The molecule has 2 N–H and O–H groups in total. The van der Waals surface area contributed by atoms with Gasteiger partial charge in [0.05, 0.1) is 25.9 Å². The van der Waals surface area contributed by atoms with Gasteiger partial charge in [-0.05, 0) is 18.2 Å². The van der Waals surface area contributed by atoms with Gasteiger partial charge in [-0.2, -0.15) is 0 Å². The van der Waals surface area contributed by atoms with Gasteiger partial charge in [-0.3, -0.25) is 9.59 Å². The van der Waals surface area contributed by atoms with Gasteiger partial charge in [-0.25, -0.2) is 0 Å². The Bertz CT molecular complexity index is 445. The van der Waals surface area contributed by atoms with E-state index in [9.17, 15) is 19.8 Å². The first-order chi connectivity index (χ1) is 9.62.